The zero-order valence-corrected chi connectivity index (χ0v) is 17.9. The summed E-state index contributed by atoms with van der Waals surface area (Å²) in [6, 6.07) is 13.3. The highest BCUT2D eigenvalue weighted by Crippen LogP contribution is 2.27. The molecule has 4 rings (SSSR count). The molecule has 0 aliphatic carbocycles. The van der Waals surface area contributed by atoms with Gasteiger partial charge in [-0.3, -0.25) is 9.59 Å². The van der Waals surface area contributed by atoms with Crippen molar-refractivity contribution in [3.8, 4) is 5.75 Å². The number of rotatable bonds is 8. The monoisotopic (exact) mass is 437 g/mol. The second-order valence-corrected chi connectivity index (χ2v) is 8.26. The topological polar surface area (TPSA) is 98.1 Å². The van der Waals surface area contributed by atoms with E-state index in [1.807, 2.05) is 54.1 Å². The first kappa shape index (κ1) is 20.9. The van der Waals surface area contributed by atoms with Gasteiger partial charge in [0.15, 0.2) is 5.16 Å². The number of hydrogen-bond acceptors (Lipinski definition) is 6. The Balaban J connectivity index is 1.19. The van der Waals surface area contributed by atoms with E-state index in [9.17, 15) is 9.59 Å². The third-order valence-electron chi connectivity index (χ3n) is 4.81. The van der Waals surface area contributed by atoms with Crippen LogP contribution in [0.4, 0.5) is 11.4 Å². The van der Waals surface area contributed by atoms with Crippen LogP contribution in [0, 0.1) is 0 Å². The maximum absolute atomic E-state index is 12.2. The van der Waals surface area contributed by atoms with E-state index in [2.05, 4.69) is 20.8 Å². The summed E-state index contributed by atoms with van der Waals surface area (Å²) in [6.45, 7) is 0.450. The summed E-state index contributed by atoms with van der Waals surface area (Å²) < 4.78 is 7.62. The van der Waals surface area contributed by atoms with Crippen LogP contribution >= 0.6 is 11.8 Å². The number of hydrogen-bond donors (Lipinski definition) is 2. The molecule has 2 aromatic carbocycles. The molecule has 9 heteroatoms. The van der Waals surface area contributed by atoms with Crippen LogP contribution in [-0.2, 0) is 23.1 Å². The van der Waals surface area contributed by atoms with Gasteiger partial charge in [0.1, 0.15) is 12.1 Å². The molecule has 0 fully saturated rings. The van der Waals surface area contributed by atoms with E-state index < -0.39 is 0 Å². The molecule has 2 N–H and O–H groups in total. The van der Waals surface area contributed by atoms with E-state index in [-0.39, 0.29) is 11.8 Å². The van der Waals surface area contributed by atoms with Crippen LogP contribution in [-0.4, -0.2) is 33.2 Å². The van der Waals surface area contributed by atoms with Gasteiger partial charge in [-0.2, -0.15) is 0 Å². The Kier molecular flexibility index (Phi) is 6.51. The number of aryl methyl sites for hydroxylation is 2. The Morgan fingerprint density at radius 3 is 2.84 bits per heavy atom. The highest BCUT2D eigenvalue weighted by atomic mass is 32.2. The van der Waals surface area contributed by atoms with Crippen LogP contribution < -0.4 is 15.4 Å². The molecule has 3 aromatic rings. The summed E-state index contributed by atoms with van der Waals surface area (Å²) in [7, 11) is 1.89. The molecule has 0 atom stereocenters. The number of amides is 2. The maximum Gasteiger partial charge on any atom is 0.224 e. The first-order valence-electron chi connectivity index (χ1n) is 10.0. The van der Waals surface area contributed by atoms with E-state index in [1.54, 1.807) is 6.33 Å². The van der Waals surface area contributed by atoms with Gasteiger partial charge in [0.05, 0.1) is 6.61 Å². The van der Waals surface area contributed by atoms with Crippen molar-refractivity contribution >= 4 is 35.0 Å². The number of anilines is 2. The Morgan fingerprint density at radius 1 is 1.23 bits per heavy atom. The van der Waals surface area contributed by atoms with E-state index in [4.69, 9.17) is 4.74 Å². The third kappa shape index (κ3) is 5.64. The fourth-order valence-electron chi connectivity index (χ4n) is 3.17. The van der Waals surface area contributed by atoms with Crippen LogP contribution in [0.25, 0.3) is 0 Å². The molecule has 0 saturated carbocycles. The van der Waals surface area contributed by atoms with E-state index in [0.717, 1.165) is 39.2 Å². The van der Waals surface area contributed by atoms with Gasteiger partial charge in [-0.1, -0.05) is 0 Å². The van der Waals surface area contributed by atoms with E-state index in [0.29, 0.717) is 25.9 Å². The molecule has 2 amide bonds. The lowest BCUT2D eigenvalue weighted by molar-refractivity contribution is -0.117. The minimum Gasteiger partial charge on any atom is -0.494 e. The van der Waals surface area contributed by atoms with Crippen LogP contribution in [0.1, 0.15) is 24.8 Å². The lowest BCUT2D eigenvalue weighted by atomic mass is 10.0. The molecule has 160 valence electrons. The van der Waals surface area contributed by atoms with Crippen molar-refractivity contribution in [1.82, 2.24) is 14.8 Å². The number of carbonyl (C=O) groups excluding carboxylic acids is 2. The first-order chi connectivity index (χ1) is 15.1. The molecule has 0 unspecified atom stereocenters. The second kappa shape index (κ2) is 9.65. The van der Waals surface area contributed by atoms with Crippen LogP contribution in [0.5, 0.6) is 5.75 Å². The largest absolute Gasteiger partial charge is 0.494 e. The Morgan fingerprint density at radius 2 is 2.06 bits per heavy atom. The summed E-state index contributed by atoms with van der Waals surface area (Å²) in [4.78, 5) is 24.6. The zero-order chi connectivity index (χ0) is 21.6. The van der Waals surface area contributed by atoms with Gasteiger partial charge in [0.2, 0.25) is 11.8 Å². The van der Waals surface area contributed by atoms with Gasteiger partial charge in [0.25, 0.3) is 0 Å². The van der Waals surface area contributed by atoms with Crippen molar-refractivity contribution in [2.45, 2.75) is 35.7 Å². The lowest BCUT2D eigenvalue weighted by Gasteiger charge is -2.17. The fourth-order valence-corrected chi connectivity index (χ4v) is 3.93. The standard InChI is InChI=1S/C22H23N5O3S/c1-27-14-23-26-22(27)31-18-8-5-16(6-9-18)24-20(28)3-2-12-30-17-7-10-19-15(13-17)4-11-21(29)25-19/h5-10,13-14H,2-4,11-12H2,1H3,(H,24,28)(H,25,29). The minimum absolute atomic E-state index is 0.0472. The van der Waals surface area contributed by atoms with Crippen LogP contribution in [0.15, 0.2) is 58.8 Å². The summed E-state index contributed by atoms with van der Waals surface area (Å²) >= 11 is 1.51. The minimum atomic E-state index is -0.0505. The predicted octanol–water partition coefficient (Wildman–Crippen LogP) is 3.65. The number of benzene rings is 2. The molecule has 0 bridgehead atoms. The Hall–Kier alpha value is -3.33. The van der Waals surface area contributed by atoms with Gasteiger partial charge in [-0.25, -0.2) is 0 Å². The summed E-state index contributed by atoms with van der Waals surface area (Å²) in [5, 5.41) is 14.5. The van der Waals surface area contributed by atoms with Crippen LogP contribution in [0.2, 0.25) is 0 Å². The molecule has 0 spiro atoms. The van der Waals surface area contributed by atoms with E-state index in [1.165, 1.54) is 11.8 Å². The van der Waals surface area contributed by atoms with Crippen molar-refractivity contribution in [1.29, 1.82) is 0 Å². The molecule has 1 aromatic heterocycles. The Bertz CT molecular complexity index is 1080. The molecule has 1 aliphatic rings. The number of ether oxygens (including phenoxy) is 1. The highest BCUT2D eigenvalue weighted by molar-refractivity contribution is 7.99. The Labute approximate surface area is 184 Å². The summed E-state index contributed by atoms with van der Waals surface area (Å²) in [5.74, 6) is 0.753. The van der Waals surface area contributed by atoms with Crippen LogP contribution in [0.3, 0.4) is 0 Å². The molecule has 8 nitrogen and oxygen atoms in total. The van der Waals surface area contributed by atoms with Gasteiger partial charge in [-0.15, -0.1) is 10.2 Å². The average molecular weight is 438 g/mol. The number of fused-ring (bicyclic) bond motifs is 1. The molecular formula is C22H23N5O3S. The number of aromatic nitrogens is 3. The quantitative estimate of drug-likeness (QED) is 0.522. The van der Waals surface area contributed by atoms with Gasteiger partial charge < -0.3 is 19.9 Å². The SMILES string of the molecule is Cn1cnnc1Sc1ccc(NC(=O)CCCOc2ccc3c(c2)CCC(=O)N3)cc1. The highest BCUT2D eigenvalue weighted by Gasteiger charge is 2.15. The third-order valence-corrected chi connectivity index (χ3v) is 5.87. The maximum atomic E-state index is 12.2. The molecule has 0 saturated heterocycles. The number of nitrogens with one attached hydrogen (secondary N) is 2. The van der Waals surface area contributed by atoms with Gasteiger partial charge in [-0.05, 0) is 72.6 Å². The molecule has 2 heterocycles. The molecular weight excluding hydrogens is 414 g/mol. The van der Waals surface area contributed by atoms with Crippen molar-refractivity contribution in [2.75, 3.05) is 17.2 Å². The lowest BCUT2D eigenvalue weighted by Crippen LogP contribution is -2.18. The average Bonchev–Trinajstić information content (AvgIpc) is 3.17. The fraction of sp³-hybridized carbons (Fsp3) is 0.273. The smallest absolute Gasteiger partial charge is 0.224 e. The van der Waals surface area contributed by atoms with Crippen molar-refractivity contribution in [3.05, 3.63) is 54.4 Å². The van der Waals surface area contributed by atoms with Gasteiger partial charge in [0, 0.05) is 36.2 Å². The van der Waals surface area contributed by atoms with Crippen molar-refractivity contribution in [2.24, 2.45) is 7.05 Å². The summed E-state index contributed by atoms with van der Waals surface area (Å²) in [6.07, 6.45) is 3.86. The first-order valence-corrected chi connectivity index (χ1v) is 10.9. The normalized spacial score (nSPS) is 12.7. The second-order valence-electron chi connectivity index (χ2n) is 7.22. The van der Waals surface area contributed by atoms with E-state index >= 15 is 0 Å². The van der Waals surface area contributed by atoms with Crippen molar-refractivity contribution < 1.29 is 14.3 Å². The number of carbonyl (C=O) groups is 2. The molecule has 0 radical (unpaired) electrons. The van der Waals surface area contributed by atoms with Gasteiger partial charge >= 0.3 is 0 Å². The van der Waals surface area contributed by atoms with Crippen molar-refractivity contribution in [3.63, 3.8) is 0 Å². The molecule has 1 aliphatic heterocycles. The number of nitrogens with zero attached hydrogens (tertiary/aromatic N) is 3. The predicted molar refractivity (Wildman–Crippen MR) is 118 cm³/mol. The summed E-state index contributed by atoms with van der Waals surface area (Å²) in [5.41, 5.74) is 2.68. The zero-order valence-electron chi connectivity index (χ0n) is 17.1. The molecule has 31 heavy (non-hydrogen) atoms.